The third-order valence-corrected chi connectivity index (χ3v) is 4.26. The molecule has 0 heterocycles. The maximum atomic E-state index is 6.13. The number of benzene rings is 2. The van der Waals surface area contributed by atoms with Crippen molar-refractivity contribution in [2.24, 2.45) is 5.41 Å². The minimum atomic E-state index is 0.320. The van der Waals surface area contributed by atoms with Crippen LogP contribution in [0.3, 0.4) is 0 Å². The molecule has 0 saturated heterocycles. The topological polar surface area (TPSA) is 26.0 Å². The van der Waals surface area contributed by atoms with Gasteiger partial charge in [0.2, 0.25) is 0 Å². The van der Waals surface area contributed by atoms with Crippen LogP contribution >= 0.6 is 0 Å². The molecule has 0 radical (unpaired) electrons. The molecule has 0 amide bonds. The molecule has 0 aromatic heterocycles. The Hall–Kier alpha value is -1.76. The fourth-order valence-corrected chi connectivity index (χ4v) is 3.02. The molecule has 1 unspecified atom stereocenters. The maximum Gasteiger partial charge on any atom is 0.0346 e. The van der Waals surface area contributed by atoms with Crippen LogP contribution in [0.4, 0.5) is 5.69 Å². The van der Waals surface area contributed by atoms with E-state index in [1.54, 1.807) is 0 Å². The van der Waals surface area contributed by atoms with Crippen LogP contribution in [0.15, 0.2) is 48.5 Å². The van der Waals surface area contributed by atoms with E-state index in [0.717, 1.165) is 12.1 Å². The standard InChI is InChI=1S/C21H29N/c1-16-10-12-18(14-20(16)22)19(15-21(2,3)4)13-11-17-8-6-5-7-9-17/h5-10,12,14,19H,11,13,15,22H2,1-4H3. The second-order valence-corrected chi connectivity index (χ2v) is 7.60. The average Bonchev–Trinajstić information content (AvgIpc) is 2.46. The quantitative estimate of drug-likeness (QED) is 0.700. The SMILES string of the molecule is Cc1ccc(C(CCc2ccccc2)CC(C)(C)C)cc1N. The minimum Gasteiger partial charge on any atom is -0.399 e. The third kappa shape index (κ3) is 4.91. The molecule has 1 nitrogen and oxygen atoms in total. The van der Waals surface area contributed by atoms with E-state index in [1.807, 2.05) is 0 Å². The number of rotatable bonds is 5. The molecule has 2 rings (SSSR count). The Labute approximate surface area is 135 Å². The van der Waals surface area contributed by atoms with E-state index in [2.05, 4.69) is 76.2 Å². The van der Waals surface area contributed by atoms with Crippen molar-refractivity contribution in [3.63, 3.8) is 0 Å². The van der Waals surface area contributed by atoms with E-state index in [9.17, 15) is 0 Å². The van der Waals surface area contributed by atoms with E-state index in [4.69, 9.17) is 5.73 Å². The molecule has 0 saturated carbocycles. The highest BCUT2D eigenvalue weighted by Gasteiger charge is 2.20. The summed E-state index contributed by atoms with van der Waals surface area (Å²) in [5, 5.41) is 0. The van der Waals surface area contributed by atoms with Gasteiger partial charge < -0.3 is 5.73 Å². The second kappa shape index (κ2) is 7.00. The van der Waals surface area contributed by atoms with Gasteiger partial charge in [-0.3, -0.25) is 0 Å². The molecule has 1 heteroatoms. The van der Waals surface area contributed by atoms with Gasteiger partial charge in [-0.25, -0.2) is 0 Å². The Balaban J connectivity index is 2.16. The monoisotopic (exact) mass is 295 g/mol. The summed E-state index contributed by atoms with van der Waals surface area (Å²) in [5.74, 6) is 0.558. The van der Waals surface area contributed by atoms with Gasteiger partial charge in [0, 0.05) is 5.69 Å². The lowest BCUT2D eigenvalue weighted by molar-refractivity contribution is 0.331. The average molecular weight is 295 g/mol. The summed E-state index contributed by atoms with van der Waals surface area (Å²) in [7, 11) is 0. The van der Waals surface area contributed by atoms with E-state index in [-0.39, 0.29) is 0 Å². The van der Waals surface area contributed by atoms with Crippen LogP contribution in [0.1, 0.15) is 56.2 Å². The predicted octanol–water partition coefficient (Wildman–Crippen LogP) is 5.73. The van der Waals surface area contributed by atoms with Crippen LogP contribution in [0.5, 0.6) is 0 Å². The summed E-state index contributed by atoms with van der Waals surface area (Å²) in [6.07, 6.45) is 3.47. The normalized spacial score (nSPS) is 13.1. The van der Waals surface area contributed by atoms with Gasteiger partial charge in [-0.15, -0.1) is 0 Å². The van der Waals surface area contributed by atoms with E-state index in [1.165, 1.54) is 29.5 Å². The molecule has 0 aliphatic heterocycles. The first kappa shape index (κ1) is 16.6. The highest BCUT2D eigenvalue weighted by Crippen LogP contribution is 2.35. The molecule has 1 atom stereocenters. The van der Waals surface area contributed by atoms with Crippen molar-refractivity contribution in [3.8, 4) is 0 Å². The van der Waals surface area contributed by atoms with Gasteiger partial charge in [-0.05, 0) is 60.3 Å². The van der Waals surface area contributed by atoms with Crippen LogP contribution in [0.2, 0.25) is 0 Å². The Morgan fingerprint density at radius 2 is 1.68 bits per heavy atom. The molecule has 2 aromatic carbocycles. The van der Waals surface area contributed by atoms with Crippen molar-refractivity contribution in [3.05, 3.63) is 65.2 Å². The summed E-state index contributed by atoms with van der Waals surface area (Å²) in [6.45, 7) is 9.03. The van der Waals surface area contributed by atoms with Gasteiger partial charge >= 0.3 is 0 Å². The molecule has 0 spiro atoms. The summed E-state index contributed by atoms with van der Waals surface area (Å²) in [6, 6.07) is 17.4. The molecule has 2 aromatic rings. The van der Waals surface area contributed by atoms with Crippen LogP contribution in [0, 0.1) is 12.3 Å². The van der Waals surface area contributed by atoms with Crippen LogP contribution < -0.4 is 5.73 Å². The highest BCUT2D eigenvalue weighted by molar-refractivity contribution is 5.49. The summed E-state index contributed by atoms with van der Waals surface area (Å²) >= 11 is 0. The molecule has 0 aliphatic carbocycles. The van der Waals surface area contributed by atoms with Crippen molar-refractivity contribution < 1.29 is 0 Å². The Kier molecular flexibility index (Phi) is 5.28. The predicted molar refractivity (Wildman–Crippen MR) is 97.2 cm³/mol. The second-order valence-electron chi connectivity index (χ2n) is 7.60. The molecular formula is C21H29N. The molecule has 0 bridgehead atoms. The molecule has 0 fully saturated rings. The van der Waals surface area contributed by atoms with Gasteiger partial charge in [-0.2, -0.15) is 0 Å². The summed E-state index contributed by atoms with van der Waals surface area (Å²) in [4.78, 5) is 0. The lowest BCUT2D eigenvalue weighted by Gasteiger charge is -2.27. The number of hydrogen-bond acceptors (Lipinski definition) is 1. The number of nitrogens with two attached hydrogens (primary N) is 1. The van der Waals surface area contributed by atoms with Gasteiger partial charge in [0.15, 0.2) is 0 Å². The smallest absolute Gasteiger partial charge is 0.0346 e. The van der Waals surface area contributed by atoms with Crippen molar-refractivity contribution in [2.45, 2.75) is 52.9 Å². The Morgan fingerprint density at radius 3 is 2.27 bits per heavy atom. The number of nitrogen functional groups attached to an aromatic ring is 1. The van der Waals surface area contributed by atoms with Gasteiger partial charge in [0.25, 0.3) is 0 Å². The Bertz CT molecular complexity index is 593. The lowest BCUT2D eigenvalue weighted by atomic mass is 9.78. The van der Waals surface area contributed by atoms with Crippen molar-refractivity contribution in [1.29, 1.82) is 0 Å². The van der Waals surface area contributed by atoms with Crippen LogP contribution in [-0.2, 0) is 6.42 Å². The zero-order valence-electron chi connectivity index (χ0n) is 14.4. The zero-order valence-corrected chi connectivity index (χ0v) is 14.4. The lowest BCUT2D eigenvalue weighted by Crippen LogP contribution is -2.13. The van der Waals surface area contributed by atoms with E-state index < -0.39 is 0 Å². The van der Waals surface area contributed by atoms with E-state index >= 15 is 0 Å². The molecule has 0 aliphatic rings. The Morgan fingerprint density at radius 1 is 1.00 bits per heavy atom. The maximum absolute atomic E-state index is 6.13. The molecule has 118 valence electrons. The van der Waals surface area contributed by atoms with Crippen LogP contribution in [0.25, 0.3) is 0 Å². The van der Waals surface area contributed by atoms with Gasteiger partial charge in [0.05, 0.1) is 0 Å². The van der Waals surface area contributed by atoms with Crippen LogP contribution in [-0.4, -0.2) is 0 Å². The summed E-state index contributed by atoms with van der Waals surface area (Å²) in [5.41, 5.74) is 11.3. The van der Waals surface area contributed by atoms with Crippen molar-refractivity contribution in [1.82, 2.24) is 0 Å². The number of aryl methyl sites for hydroxylation is 2. The van der Waals surface area contributed by atoms with Gasteiger partial charge in [-0.1, -0.05) is 63.2 Å². The minimum absolute atomic E-state index is 0.320. The van der Waals surface area contributed by atoms with Gasteiger partial charge in [0.1, 0.15) is 0 Å². The zero-order chi connectivity index (χ0) is 16.2. The summed E-state index contributed by atoms with van der Waals surface area (Å²) < 4.78 is 0. The van der Waals surface area contributed by atoms with Crippen molar-refractivity contribution in [2.75, 3.05) is 5.73 Å². The molecule has 22 heavy (non-hydrogen) atoms. The fourth-order valence-electron chi connectivity index (χ4n) is 3.02. The fraction of sp³-hybridized carbons (Fsp3) is 0.429. The van der Waals surface area contributed by atoms with E-state index in [0.29, 0.717) is 11.3 Å². The highest BCUT2D eigenvalue weighted by atomic mass is 14.6. The number of hydrogen-bond donors (Lipinski definition) is 1. The number of anilines is 1. The van der Waals surface area contributed by atoms with Crippen molar-refractivity contribution >= 4 is 5.69 Å². The molecular weight excluding hydrogens is 266 g/mol. The first-order valence-corrected chi connectivity index (χ1v) is 8.25. The largest absolute Gasteiger partial charge is 0.399 e. The first-order valence-electron chi connectivity index (χ1n) is 8.25. The molecule has 2 N–H and O–H groups in total. The third-order valence-electron chi connectivity index (χ3n) is 4.26. The first-order chi connectivity index (χ1) is 10.3.